The number of carbonyl (C=O) groups is 1. The first-order valence-electron chi connectivity index (χ1n) is 4.29. The predicted octanol–water partition coefficient (Wildman–Crippen LogP) is 1.63. The van der Waals surface area contributed by atoms with Gasteiger partial charge in [-0.3, -0.25) is 4.79 Å². The van der Waals surface area contributed by atoms with Gasteiger partial charge in [-0.1, -0.05) is 6.08 Å². The van der Waals surface area contributed by atoms with E-state index >= 15 is 0 Å². The van der Waals surface area contributed by atoms with Crippen LogP contribution < -0.4 is 4.74 Å². The molecule has 0 radical (unpaired) electrons. The van der Waals surface area contributed by atoms with Crippen LogP contribution in [-0.2, 0) is 0 Å². The number of methoxy groups -OCH3 is 1. The molecule has 1 heterocycles. The van der Waals surface area contributed by atoms with E-state index in [2.05, 4.69) is 16.8 Å². The Kier molecular flexibility index (Phi) is 3.79. The Bertz CT molecular complexity index is 319. The molecule has 1 aromatic rings. The van der Waals surface area contributed by atoms with E-state index in [4.69, 9.17) is 4.74 Å². The van der Waals surface area contributed by atoms with Crippen molar-refractivity contribution in [1.82, 2.24) is 10.2 Å². The lowest BCUT2D eigenvalue weighted by Gasteiger charge is -1.99. The summed E-state index contributed by atoms with van der Waals surface area (Å²) in [6.07, 6.45) is 2.78. The third-order valence-electron chi connectivity index (χ3n) is 1.71. The molecule has 0 saturated heterocycles. The Hall–Kier alpha value is -1.71. The summed E-state index contributed by atoms with van der Waals surface area (Å²) < 4.78 is 4.83. The Morgan fingerprint density at radius 1 is 1.57 bits per heavy atom. The van der Waals surface area contributed by atoms with Crippen LogP contribution in [0.1, 0.15) is 23.3 Å². The van der Waals surface area contributed by atoms with E-state index in [-0.39, 0.29) is 5.78 Å². The molecule has 0 amide bonds. The molecule has 0 aromatic carbocycles. The molecule has 0 fully saturated rings. The van der Waals surface area contributed by atoms with Crippen molar-refractivity contribution in [2.24, 2.45) is 0 Å². The number of rotatable bonds is 5. The Labute approximate surface area is 82.6 Å². The van der Waals surface area contributed by atoms with Gasteiger partial charge >= 0.3 is 0 Å². The van der Waals surface area contributed by atoms with Crippen LogP contribution in [0, 0.1) is 0 Å². The molecule has 0 N–H and O–H groups in total. The first-order valence-corrected chi connectivity index (χ1v) is 4.29. The zero-order valence-electron chi connectivity index (χ0n) is 8.06. The van der Waals surface area contributed by atoms with Gasteiger partial charge in [0.05, 0.1) is 7.11 Å². The average molecular weight is 192 g/mol. The number of allylic oxidation sites excluding steroid dienone is 1. The third kappa shape index (κ3) is 2.65. The maximum atomic E-state index is 11.4. The number of aromatic nitrogens is 2. The summed E-state index contributed by atoms with van der Waals surface area (Å²) in [5.74, 6) is 0.380. The van der Waals surface area contributed by atoms with Gasteiger partial charge in [-0.25, -0.2) is 0 Å². The maximum absolute atomic E-state index is 11.4. The molecule has 0 bridgehead atoms. The summed E-state index contributed by atoms with van der Waals surface area (Å²) in [5, 5.41) is 7.45. The summed E-state index contributed by atoms with van der Waals surface area (Å²) in [7, 11) is 1.50. The lowest BCUT2D eigenvalue weighted by Crippen LogP contribution is -2.03. The smallest absolute Gasteiger partial charge is 0.233 e. The number of hydrogen-bond donors (Lipinski definition) is 0. The minimum atomic E-state index is -0.0277. The van der Waals surface area contributed by atoms with Gasteiger partial charge in [0.2, 0.25) is 5.88 Å². The standard InChI is InChI=1S/C10H12N2O2/c1-3-4-5-9(13)8-6-7-10(14-2)12-11-8/h3,6-7H,1,4-5H2,2H3. The van der Waals surface area contributed by atoms with Gasteiger partial charge in [0.1, 0.15) is 5.69 Å². The minimum Gasteiger partial charge on any atom is -0.480 e. The minimum absolute atomic E-state index is 0.0277. The number of nitrogens with zero attached hydrogens (tertiary/aromatic N) is 2. The zero-order chi connectivity index (χ0) is 10.4. The fourth-order valence-corrected chi connectivity index (χ4v) is 0.939. The van der Waals surface area contributed by atoms with Crippen LogP contribution in [-0.4, -0.2) is 23.1 Å². The van der Waals surface area contributed by atoms with Gasteiger partial charge in [0.15, 0.2) is 5.78 Å². The molecule has 0 unspecified atom stereocenters. The predicted molar refractivity (Wildman–Crippen MR) is 52.3 cm³/mol. The van der Waals surface area contributed by atoms with Gasteiger partial charge in [-0.15, -0.1) is 16.8 Å². The monoisotopic (exact) mass is 192 g/mol. The van der Waals surface area contributed by atoms with Crippen molar-refractivity contribution in [2.45, 2.75) is 12.8 Å². The normalized spacial score (nSPS) is 9.50. The van der Waals surface area contributed by atoms with Crippen LogP contribution in [0.25, 0.3) is 0 Å². The molecule has 1 aromatic heterocycles. The topological polar surface area (TPSA) is 52.1 Å². The quantitative estimate of drug-likeness (QED) is 0.525. The number of Topliss-reactive ketones (excluding diaryl/α,β-unsaturated/α-hetero) is 1. The summed E-state index contributed by atoms with van der Waals surface area (Å²) in [6, 6.07) is 3.23. The number of ketones is 1. The van der Waals surface area contributed by atoms with Gasteiger partial charge in [-0.2, -0.15) is 0 Å². The van der Waals surface area contributed by atoms with Crippen LogP contribution >= 0.6 is 0 Å². The van der Waals surface area contributed by atoms with Gasteiger partial charge in [0.25, 0.3) is 0 Å². The fourth-order valence-electron chi connectivity index (χ4n) is 0.939. The van der Waals surface area contributed by atoms with Crippen molar-refractivity contribution < 1.29 is 9.53 Å². The lowest BCUT2D eigenvalue weighted by molar-refractivity contribution is 0.0977. The molecule has 0 saturated carbocycles. The molecule has 1 rings (SSSR count). The molecule has 4 heteroatoms. The second-order valence-electron chi connectivity index (χ2n) is 2.71. The van der Waals surface area contributed by atoms with Gasteiger partial charge in [0, 0.05) is 12.5 Å². The molecule has 14 heavy (non-hydrogen) atoms. The largest absolute Gasteiger partial charge is 0.480 e. The first-order chi connectivity index (χ1) is 6.77. The summed E-state index contributed by atoms with van der Waals surface area (Å²) in [6.45, 7) is 3.55. The Morgan fingerprint density at radius 3 is 2.86 bits per heavy atom. The summed E-state index contributed by atoms with van der Waals surface area (Å²) in [4.78, 5) is 11.4. The molecule has 74 valence electrons. The highest BCUT2D eigenvalue weighted by Gasteiger charge is 2.06. The van der Waals surface area contributed by atoms with E-state index in [1.54, 1.807) is 18.2 Å². The van der Waals surface area contributed by atoms with E-state index < -0.39 is 0 Å². The van der Waals surface area contributed by atoms with E-state index in [9.17, 15) is 4.79 Å². The average Bonchev–Trinajstić information content (AvgIpc) is 2.26. The first kappa shape index (κ1) is 10.4. The van der Waals surface area contributed by atoms with Crippen LogP contribution in [0.4, 0.5) is 0 Å². The number of carbonyl (C=O) groups excluding carboxylic acids is 1. The van der Waals surface area contributed by atoms with E-state index in [1.165, 1.54) is 7.11 Å². The van der Waals surface area contributed by atoms with E-state index in [0.29, 0.717) is 24.4 Å². The van der Waals surface area contributed by atoms with Crippen molar-refractivity contribution in [3.63, 3.8) is 0 Å². The van der Waals surface area contributed by atoms with Gasteiger partial charge < -0.3 is 4.74 Å². The molecule has 0 aliphatic carbocycles. The van der Waals surface area contributed by atoms with Crippen LogP contribution in [0.3, 0.4) is 0 Å². The maximum Gasteiger partial charge on any atom is 0.233 e. The summed E-state index contributed by atoms with van der Waals surface area (Å²) in [5.41, 5.74) is 0.368. The number of hydrogen-bond acceptors (Lipinski definition) is 4. The lowest BCUT2D eigenvalue weighted by atomic mass is 10.1. The molecule has 4 nitrogen and oxygen atoms in total. The fraction of sp³-hybridized carbons (Fsp3) is 0.300. The van der Waals surface area contributed by atoms with E-state index in [1.807, 2.05) is 0 Å². The van der Waals surface area contributed by atoms with Crippen molar-refractivity contribution in [2.75, 3.05) is 7.11 Å². The second kappa shape index (κ2) is 5.11. The van der Waals surface area contributed by atoms with Crippen LogP contribution in [0.15, 0.2) is 24.8 Å². The molecular weight excluding hydrogens is 180 g/mol. The SMILES string of the molecule is C=CCCC(=O)c1ccc(OC)nn1. The highest BCUT2D eigenvalue weighted by atomic mass is 16.5. The molecule has 0 spiro atoms. The van der Waals surface area contributed by atoms with Crippen LogP contribution in [0.2, 0.25) is 0 Å². The van der Waals surface area contributed by atoms with Crippen molar-refractivity contribution in [1.29, 1.82) is 0 Å². The molecule has 0 atom stereocenters. The molecule has 0 aliphatic rings. The number of ether oxygens (including phenoxy) is 1. The highest BCUT2D eigenvalue weighted by molar-refractivity contribution is 5.94. The molecular formula is C10H12N2O2. The van der Waals surface area contributed by atoms with Crippen LogP contribution in [0.5, 0.6) is 5.88 Å². The van der Waals surface area contributed by atoms with E-state index in [0.717, 1.165) is 0 Å². The second-order valence-corrected chi connectivity index (χ2v) is 2.71. The Morgan fingerprint density at radius 2 is 2.36 bits per heavy atom. The molecule has 0 aliphatic heterocycles. The third-order valence-corrected chi connectivity index (χ3v) is 1.71. The summed E-state index contributed by atoms with van der Waals surface area (Å²) >= 11 is 0. The van der Waals surface area contributed by atoms with Crippen molar-refractivity contribution in [3.8, 4) is 5.88 Å². The van der Waals surface area contributed by atoms with Gasteiger partial charge in [-0.05, 0) is 12.5 Å². The van der Waals surface area contributed by atoms with Crippen molar-refractivity contribution in [3.05, 3.63) is 30.5 Å². The zero-order valence-corrected chi connectivity index (χ0v) is 8.06. The van der Waals surface area contributed by atoms with Crippen molar-refractivity contribution >= 4 is 5.78 Å². The highest BCUT2D eigenvalue weighted by Crippen LogP contribution is 2.06. The Balaban J connectivity index is 2.66.